The minimum Gasteiger partial charge on any atom is -0.490 e. The molecule has 0 amide bonds. The molecule has 0 radical (unpaired) electrons. The van der Waals surface area contributed by atoms with Crippen LogP contribution in [0.3, 0.4) is 0 Å². The molecule has 11 heteroatoms. The van der Waals surface area contributed by atoms with Crippen LogP contribution in [0.15, 0.2) is 35.2 Å². The molecule has 5 rings (SSSR count). The van der Waals surface area contributed by atoms with Crippen molar-refractivity contribution in [3.05, 3.63) is 30.3 Å². The number of nitrogens with zero attached hydrogens (tertiary/aromatic N) is 5. The van der Waals surface area contributed by atoms with E-state index in [-0.39, 0.29) is 4.90 Å². The van der Waals surface area contributed by atoms with Crippen LogP contribution in [0.25, 0.3) is 0 Å². The van der Waals surface area contributed by atoms with E-state index in [1.807, 2.05) is 12.1 Å². The van der Waals surface area contributed by atoms with Gasteiger partial charge in [-0.05, 0) is 24.3 Å². The van der Waals surface area contributed by atoms with E-state index < -0.39 is 10.0 Å². The van der Waals surface area contributed by atoms with Crippen LogP contribution in [0.1, 0.15) is 6.42 Å². The van der Waals surface area contributed by atoms with Gasteiger partial charge in [0.25, 0.3) is 0 Å². The van der Waals surface area contributed by atoms with Crippen molar-refractivity contribution in [2.24, 2.45) is 0 Å². The largest absolute Gasteiger partial charge is 0.490 e. The Hall–Kier alpha value is -2.63. The zero-order chi connectivity index (χ0) is 22.0. The normalized spacial score (nSPS) is 20.1. The topological polar surface area (TPSA) is 97.3 Å². The Morgan fingerprint density at radius 3 is 2.00 bits per heavy atom. The summed E-state index contributed by atoms with van der Waals surface area (Å²) in [5.41, 5.74) is 0. The maximum Gasteiger partial charge on any atom is 0.243 e. The van der Waals surface area contributed by atoms with Crippen LogP contribution in [0.5, 0.6) is 11.5 Å². The Morgan fingerprint density at radius 2 is 1.34 bits per heavy atom. The molecule has 0 bridgehead atoms. The molecule has 0 unspecified atom stereocenters. The van der Waals surface area contributed by atoms with Gasteiger partial charge < -0.3 is 24.0 Å². The predicted molar refractivity (Wildman–Crippen MR) is 118 cm³/mol. The van der Waals surface area contributed by atoms with Gasteiger partial charge in [-0.3, -0.25) is 0 Å². The first-order valence-corrected chi connectivity index (χ1v) is 12.4. The summed E-state index contributed by atoms with van der Waals surface area (Å²) in [5.74, 6) is 2.67. The van der Waals surface area contributed by atoms with Gasteiger partial charge in [-0.15, -0.1) is 10.2 Å². The molecule has 10 nitrogen and oxygen atoms in total. The van der Waals surface area contributed by atoms with E-state index in [0.29, 0.717) is 64.1 Å². The van der Waals surface area contributed by atoms with Crippen LogP contribution in [0.2, 0.25) is 0 Å². The second kappa shape index (κ2) is 9.08. The molecular weight excluding hydrogens is 434 g/mol. The first kappa shape index (κ1) is 21.2. The number of anilines is 2. The fourth-order valence-electron chi connectivity index (χ4n) is 4.06. The van der Waals surface area contributed by atoms with E-state index in [1.54, 1.807) is 18.2 Å². The van der Waals surface area contributed by atoms with E-state index >= 15 is 0 Å². The van der Waals surface area contributed by atoms with Gasteiger partial charge in [-0.1, -0.05) is 0 Å². The molecule has 2 saturated heterocycles. The average Bonchev–Trinajstić information content (AvgIpc) is 3.10. The number of morpholine rings is 1. The number of hydrogen-bond donors (Lipinski definition) is 0. The summed E-state index contributed by atoms with van der Waals surface area (Å²) in [6, 6.07) is 8.75. The Balaban J connectivity index is 1.23. The molecule has 172 valence electrons. The predicted octanol–water partition coefficient (Wildman–Crippen LogP) is 0.985. The molecule has 1 aromatic heterocycles. The molecule has 0 aliphatic carbocycles. The zero-order valence-corrected chi connectivity index (χ0v) is 18.7. The van der Waals surface area contributed by atoms with Gasteiger partial charge in [0, 0.05) is 51.8 Å². The van der Waals surface area contributed by atoms with Crippen molar-refractivity contribution < 1.29 is 22.6 Å². The van der Waals surface area contributed by atoms with Crippen LogP contribution in [0, 0.1) is 0 Å². The third kappa shape index (κ3) is 4.32. The molecule has 0 saturated carbocycles. The minimum atomic E-state index is -3.62. The number of hydrogen-bond acceptors (Lipinski definition) is 9. The molecule has 3 aliphatic rings. The summed E-state index contributed by atoms with van der Waals surface area (Å²) < 4.78 is 44.5. The third-order valence-corrected chi connectivity index (χ3v) is 7.79. The van der Waals surface area contributed by atoms with Gasteiger partial charge in [-0.2, -0.15) is 4.31 Å². The SMILES string of the molecule is O=S(=O)(c1ccc2c(c1)OCCCO2)N1CCN(c2ccc(N3CCOCC3)nn2)CC1. The first-order chi connectivity index (χ1) is 15.6. The van der Waals surface area contributed by atoms with E-state index in [9.17, 15) is 8.42 Å². The smallest absolute Gasteiger partial charge is 0.243 e. The fraction of sp³-hybridized carbons (Fsp3) is 0.524. The number of sulfonamides is 1. The molecule has 4 heterocycles. The second-order valence-electron chi connectivity index (χ2n) is 7.90. The highest BCUT2D eigenvalue weighted by Crippen LogP contribution is 2.33. The Bertz CT molecular complexity index is 1040. The lowest BCUT2D eigenvalue weighted by molar-refractivity contribution is 0.122. The van der Waals surface area contributed by atoms with Gasteiger partial charge >= 0.3 is 0 Å². The summed E-state index contributed by atoms with van der Waals surface area (Å²) in [6.07, 6.45) is 0.773. The van der Waals surface area contributed by atoms with E-state index in [1.165, 1.54) is 4.31 Å². The lowest BCUT2D eigenvalue weighted by Gasteiger charge is -2.34. The van der Waals surface area contributed by atoms with Crippen LogP contribution in [-0.2, 0) is 14.8 Å². The number of ether oxygens (including phenoxy) is 3. The van der Waals surface area contributed by atoms with Crippen LogP contribution >= 0.6 is 0 Å². The standard InChI is InChI=1S/C21H27N5O5S/c27-32(28,17-2-3-18-19(16-17)31-13-1-12-30-18)26-8-6-24(7-9-26)20-4-5-21(23-22-20)25-10-14-29-15-11-25/h2-5,16H,1,6-15H2. The van der Waals surface area contributed by atoms with Crippen LogP contribution < -0.4 is 19.3 Å². The van der Waals surface area contributed by atoms with E-state index in [2.05, 4.69) is 20.0 Å². The third-order valence-electron chi connectivity index (χ3n) is 5.89. The zero-order valence-electron chi connectivity index (χ0n) is 17.9. The van der Waals surface area contributed by atoms with E-state index in [0.717, 1.165) is 31.1 Å². The molecule has 0 spiro atoms. The van der Waals surface area contributed by atoms with Crippen LogP contribution in [-0.4, -0.2) is 88.6 Å². The summed E-state index contributed by atoms with van der Waals surface area (Å²) >= 11 is 0. The maximum atomic E-state index is 13.2. The number of aromatic nitrogens is 2. The molecular formula is C21H27N5O5S. The molecule has 3 aliphatic heterocycles. The fourth-order valence-corrected chi connectivity index (χ4v) is 5.50. The highest BCUT2D eigenvalue weighted by atomic mass is 32.2. The van der Waals surface area contributed by atoms with Gasteiger partial charge in [0.15, 0.2) is 23.1 Å². The summed E-state index contributed by atoms with van der Waals surface area (Å²) in [5, 5.41) is 8.74. The molecule has 2 fully saturated rings. The van der Waals surface area contributed by atoms with Gasteiger partial charge in [0.1, 0.15) is 0 Å². The summed E-state index contributed by atoms with van der Waals surface area (Å²) in [6.45, 7) is 5.96. The summed E-state index contributed by atoms with van der Waals surface area (Å²) in [4.78, 5) is 4.45. The number of rotatable bonds is 4. The quantitative estimate of drug-likeness (QED) is 0.660. The maximum absolute atomic E-state index is 13.2. The van der Waals surface area contributed by atoms with Crippen molar-refractivity contribution in [3.8, 4) is 11.5 Å². The minimum absolute atomic E-state index is 0.227. The number of fused-ring (bicyclic) bond motifs is 1. The van der Waals surface area contributed by atoms with Crippen molar-refractivity contribution in [3.63, 3.8) is 0 Å². The van der Waals surface area contributed by atoms with Crippen molar-refractivity contribution in [2.75, 3.05) is 75.5 Å². The molecule has 0 N–H and O–H groups in total. The molecule has 2 aromatic rings. The van der Waals surface area contributed by atoms with Crippen molar-refractivity contribution in [2.45, 2.75) is 11.3 Å². The van der Waals surface area contributed by atoms with Gasteiger partial charge in [0.2, 0.25) is 10.0 Å². The molecule has 1 aromatic carbocycles. The van der Waals surface area contributed by atoms with Gasteiger partial charge in [-0.25, -0.2) is 8.42 Å². The molecule has 0 atom stereocenters. The highest BCUT2D eigenvalue weighted by Gasteiger charge is 2.30. The van der Waals surface area contributed by atoms with E-state index in [4.69, 9.17) is 14.2 Å². The Morgan fingerprint density at radius 1 is 0.719 bits per heavy atom. The average molecular weight is 462 g/mol. The van der Waals surface area contributed by atoms with Gasteiger partial charge in [0.05, 0.1) is 31.3 Å². The highest BCUT2D eigenvalue weighted by molar-refractivity contribution is 7.89. The van der Waals surface area contributed by atoms with Crippen LogP contribution in [0.4, 0.5) is 11.6 Å². The Labute approximate surface area is 187 Å². The monoisotopic (exact) mass is 461 g/mol. The van der Waals surface area contributed by atoms with Crippen molar-refractivity contribution >= 4 is 21.7 Å². The second-order valence-corrected chi connectivity index (χ2v) is 9.84. The lowest BCUT2D eigenvalue weighted by atomic mass is 10.3. The number of benzene rings is 1. The van der Waals surface area contributed by atoms with Crippen molar-refractivity contribution in [1.82, 2.24) is 14.5 Å². The summed E-state index contributed by atoms with van der Waals surface area (Å²) in [7, 11) is -3.62. The molecule has 32 heavy (non-hydrogen) atoms. The Kier molecular flexibility index (Phi) is 6.03. The number of piperazine rings is 1. The van der Waals surface area contributed by atoms with Crippen molar-refractivity contribution in [1.29, 1.82) is 0 Å². The lowest BCUT2D eigenvalue weighted by Crippen LogP contribution is -2.49. The first-order valence-electron chi connectivity index (χ1n) is 10.9.